The summed E-state index contributed by atoms with van der Waals surface area (Å²) in [5.74, 6) is 0. The number of aromatic amines is 1. The van der Waals surface area contributed by atoms with Gasteiger partial charge in [-0.1, -0.05) is 12.1 Å². The lowest BCUT2D eigenvalue weighted by Gasteiger charge is -2.05. The molecule has 0 saturated heterocycles. The van der Waals surface area contributed by atoms with Gasteiger partial charge < -0.3 is 4.98 Å². The Bertz CT molecular complexity index is 623. The number of aryl methyl sites for hydroxylation is 1. The second kappa shape index (κ2) is 4.25. The third-order valence-electron chi connectivity index (χ3n) is 2.28. The highest BCUT2D eigenvalue weighted by Crippen LogP contribution is 2.20. The molecule has 0 radical (unpaired) electrons. The van der Waals surface area contributed by atoms with Crippen LogP contribution in [0.2, 0.25) is 0 Å². The zero-order valence-electron chi connectivity index (χ0n) is 8.69. The zero-order chi connectivity index (χ0) is 11.5. The summed E-state index contributed by atoms with van der Waals surface area (Å²) < 4.78 is 0.447. The third kappa shape index (κ3) is 2.00. The van der Waals surface area contributed by atoms with E-state index in [4.69, 9.17) is 17.5 Å². The number of H-pyrrole nitrogens is 1. The second-order valence-electron chi connectivity index (χ2n) is 3.44. The van der Waals surface area contributed by atoms with Crippen molar-refractivity contribution in [1.82, 2.24) is 9.97 Å². The van der Waals surface area contributed by atoms with Crippen LogP contribution in [0.15, 0.2) is 30.5 Å². The van der Waals surface area contributed by atoms with Crippen molar-refractivity contribution in [2.24, 2.45) is 0 Å². The molecule has 0 atom stereocenters. The first-order valence-corrected chi connectivity index (χ1v) is 5.18. The van der Waals surface area contributed by atoms with Crippen LogP contribution in [0.25, 0.3) is 11.3 Å². The lowest BCUT2D eigenvalue weighted by atomic mass is 10.1. The Morgan fingerprint density at radius 3 is 3.00 bits per heavy atom. The molecule has 0 fully saturated rings. The Labute approximate surface area is 98.4 Å². The second-order valence-corrected chi connectivity index (χ2v) is 3.83. The molecule has 78 valence electrons. The van der Waals surface area contributed by atoms with Gasteiger partial charge >= 0.3 is 0 Å². The molecule has 1 aromatic carbocycles. The van der Waals surface area contributed by atoms with Gasteiger partial charge in [-0.3, -0.25) is 0 Å². The van der Waals surface area contributed by atoms with Gasteiger partial charge in [-0.25, -0.2) is 4.98 Å². The van der Waals surface area contributed by atoms with Crippen molar-refractivity contribution in [2.45, 2.75) is 6.92 Å². The van der Waals surface area contributed by atoms with E-state index < -0.39 is 0 Å². The van der Waals surface area contributed by atoms with Crippen molar-refractivity contribution in [3.05, 3.63) is 46.4 Å². The van der Waals surface area contributed by atoms with E-state index in [1.54, 1.807) is 12.3 Å². The number of nitriles is 1. The highest BCUT2D eigenvalue weighted by Gasteiger charge is 2.03. The van der Waals surface area contributed by atoms with Crippen LogP contribution in [-0.2, 0) is 0 Å². The predicted molar refractivity (Wildman–Crippen MR) is 64.3 cm³/mol. The normalized spacial score (nSPS) is 9.75. The van der Waals surface area contributed by atoms with Crippen LogP contribution in [0.1, 0.15) is 11.1 Å². The highest BCUT2D eigenvalue weighted by atomic mass is 32.1. The molecule has 16 heavy (non-hydrogen) atoms. The highest BCUT2D eigenvalue weighted by molar-refractivity contribution is 7.71. The molecule has 0 aliphatic rings. The molecule has 4 heteroatoms. The fourth-order valence-electron chi connectivity index (χ4n) is 1.50. The quantitative estimate of drug-likeness (QED) is 0.762. The largest absolute Gasteiger partial charge is 0.330 e. The molecular weight excluding hydrogens is 218 g/mol. The van der Waals surface area contributed by atoms with E-state index >= 15 is 0 Å². The Morgan fingerprint density at radius 2 is 2.25 bits per heavy atom. The van der Waals surface area contributed by atoms with Gasteiger partial charge in [-0.2, -0.15) is 5.26 Å². The minimum atomic E-state index is 0.447. The molecule has 0 unspecified atom stereocenters. The van der Waals surface area contributed by atoms with Crippen LogP contribution < -0.4 is 0 Å². The summed E-state index contributed by atoms with van der Waals surface area (Å²) in [4.78, 5) is 7.04. The number of hydrogen-bond donors (Lipinski definition) is 1. The molecule has 2 aromatic rings. The molecule has 1 aromatic heterocycles. The number of nitrogens with one attached hydrogen (secondary N) is 1. The van der Waals surface area contributed by atoms with E-state index in [1.807, 2.05) is 25.1 Å². The molecule has 0 amide bonds. The molecule has 0 bridgehead atoms. The Morgan fingerprint density at radius 1 is 1.44 bits per heavy atom. The van der Waals surface area contributed by atoms with Crippen LogP contribution in [-0.4, -0.2) is 9.97 Å². The smallest absolute Gasteiger partial charge is 0.197 e. The van der Waals surface area contributed by atoms with E-state index in [-0.39, 0.29) is 0 Å². The van der Waals surface area contributed by atoms with Crippen LogP contribution in [0.5, 0.6) is 0 Å². The predicted octanol–water partition coefficient (Wildman–Crippen LogP) is 2.99. The third-order valence-corrected chi connectivity index (χ3v) is 2.49. The number of hydrogen-bond acceptors (Lipinski definition) is 3. The fourth-order valence-corrected chi connectivity index (χ4v) is 1.66. The summed E-state index contributed by atoms with van der Waals surface area (Å²) in [5, 5.41) is 8.84. The number of aromatic nitrogens is 2. The summed E-state index contributed by atoms with van der Waals surface area (Å²) in [6.07, 6.45) is 1.73. The molecule has 0 aliphatic heterocycles. The van der Waals surface area contributed by atoms with Crippen LogP contribution >= 0.6 is 12.2 Å². The average Bonchev–Trinajstić information content (AvgIpc) is 2.32. The molecule has 1 heterocycles. The summed E-state index contributed by atoms with van der Waals surface area (Å²) in [7, 11) is 0. The molecule has 2 rings (SSSR count). The Hall–Kier alpha value is -1.99. The first-order chi connectivity index (χ1) is 7.70. The summed E-state index contributed by atoms with van der Waals surface area (Å²) >= 11 is 4.99. The molecule has 0 spiro atoms. The van der Waals surface area contributed by atoms with E-state index in [0.29, 0.717) is 10.3 Å². The van der Waals surface area contributed by atoms with Crippen molar-refractivity contribution in [3.63, 3.8) is 0 Å². The SMILES string of the molecule is Cc1cnc(=S)[nH]c1-c1cccc(C#N)c1. The lowest BCUT2D eigenvalue weighted by molar-refractivity contribution is 1.11. The minimum absolute atomic E-state index is 0.447. The Balaban J connectivity index is 2.63. The average molecular weight is 227 g/mol. The molecule has 0 aliphatic carbocycles. The van der Waals surface area contributed by atoms with Crippen molar-refractivity contribution >= 4 is 12.2 Å². The maximum atomic E-state index is 8.84. The van der Waals surface area contributed by atoms with Crippen molar-refractivity contribution in [1.29, 1.82) is 5.26 Å². The van der Waals surface area contributed by atoms with Gasteiger partial charge in [0.2, 0.25) is 0 Å². The molecular formula is C12H9N3S. The van der Waals surface area contributed by atoms with Crippen molar-refractivity contribution in [2.75, 3.05) is 0 Å². The molecule has 0 saturated carbocycles. The summed E-state index contributed by atoms with van der Waals surface area (Å²) in [6, 6.07) is 9.51. The minimum Gasteiger partial charge on any atom is -0.330 e. The van der Waals surface area contributed by atoms with Gasteiger partial charge in [0, 0.05) is 6.20 Å². The standard InChI is InChI=1S/C12H9N3S/c1-8-7-14-12(16)15-11(8)10-4-2-3-9(5-10)6-13/h2-5,7H,1H3,(H,14,15,16). The fraction of sp³-hybridized carbons (Fsp3) is 0.0833. The van der Waals surface area contributed by atoms with Gasteiger partial charge in [0.25, 0.3) is 0 Å². The van der Waals surface area contributed by atoms with E-state index in [0.717, 1.165) is 16.8 Å². The van der Waals surface area contributed by atoms with Crippen LogP contribution in [0.3, 0.4) is 0 Å². The molecule has 3 nitrogen and oxygen atoms in total. The monoisotopic (exact) mass is 227 g/mol. The lowest BCUT2D eigenvalue weighted by Crippen LogP contribution is -1.91. The molecule has 1 N–H and O–H groups in total. The number of benzene rings is 1. The van der Waals surface area contributed by atoms with Gasteiger partial charge in [0.05, 0.1) is 17.3 Å². The maximum absolute atomic E-state index is 8.84. The van der Waals surface area contributed by atoms with Crippen LogP contribution in [0.4, 0.5) is 0 Å². The van der Waals surface area contributed by atoms with Gasteiger partial charge in [-0.15, -0.1) is 0 Å². The van der Waals surface area contributed by atoms with Crippen molar-refractivity contribution in [3.8, 4) is 17.3 Å². The summed E-state index contributed by atoms with van der Waals surface area (Å²) in [5.41, 5.74) is 3.50. The van der Waals surface area contributed by atoms with E-state index in [1.165, 1.54) is 0 Å². The topological polar surface area (TPSA) is 52.5 Å². The van der Waals surface area contributed by atoms with Crippen LogP contribution in [0, 0.1) is 23.0 Å². The van der Waals surface area contributed by atoms with Gasteiger partial charge in [-0.05, 0) is 42.4 Å². The van der Waals surface area contributed by atoms with E-state index in [9.17, 15) is 0 Å². The zero-order valence-corrected chi connectivity index (χ0v) is 9.51. The maximum Gasteiger partial charge on any atom is 0.197 e. The number of rotatable bonds is 1. The first-order valence-electron chi connectivity index (χ1n) is 4.77. The van der Waals surface area contributed by atoms with Crippen molar-refractivity contribution < 1.29 is 0 Å². The van der Waals surface area contributed by atoms with Gasteiger partial charge in [0.15, 0.2) is 4.77 Å². The van der Waals surface area contributed by atoms with E-state index in [2.05, 4.69) is 16.0 Å². The summed E-state index contributed by atoms with van der Waals surface area (Å²) in [6.45, 7) is 1.95. The number of nitrogens with zero attached hydrogens (tertiary/aromatic N) is 2. The first kappa shape index (κ1) is 10.5. The van der Waals surface area contributed by atoms with Gasteiger partial charge in [0.1, 0.15) is 0 Å². The Kier molecular flexibility index (Phi) is 2.80.